The number of aryl methyl sites for hydroxylation is 1. The monoisotopic (exact) mass is 194 g/mol. The number of tetrazole rings is 1. The third kappa shape index (κ3) is 2.78. The molecule has 0 aliphatic rings. The van der Waals surface area contributed by atoms with Gasteiger partial charge in [0.15, 0.2) is 5.82 Å². The summed E-state index contributed by atoms with van der Waals surface area (Å²) in [5, 5.41) is 20.2. The fourth-order valence-electron chi connectivity index (χ4n) is 1.05. The van der Waals surface area contributed by atoms with Crippen molar-refractivity contribution in [1.82, 2.24) is 25.1 Å². The lowest BCUT2D eigenvalue weighted by molar-refractivity contribution is 0.246. The molecule has 0 spiro atoms. The van der Waals surface area contributed by atoms with E-state index >= 15 is 0 Å². The van der Waals surface area contributed by atoms with Crippen LogP contribution in [0, 0.1) is 11.3 Å². The molecule has 1 aromatic heterocycles. The summed E-state index contributed by atoms with van der Waals surface area (Å²) < 4.78 is 0. The lowest BCUT2D eigenvalue weighted by Gasteiger charge is -2.20. The van der Waals surface area contributed by atoms with E-state index in [4.69, 9.17) is 5.26 Å². The number of nitriles is 1. The number of nitrogens with zero attached hydrogens (tertiary/aromatic N) is 6. The first-order chi connectivity index (χ1) is 6.63. The van der Waals surface area contributed by atoms with Crippen LogP contribution in [-0.2, 0) is 13.6 Å². The van der Waals surface area contributed by atoms with Crippen molar-refractivity contribution >= 4 is 0 Å². The normalized spacial score (nSPS) is 12.8. The summed E-state index contributed by atoms with van der Waals surface area (Å²) in [5.41, 5.74) is 0. The summed E-state index contributed by atoms with van der Waals surface area (Å²) >= 11 is 0. The molecule has 0 saturated carbocycles. The summed E-state index contributed by atoms with van der Waals surface area (Å²) in [7, 11) is 3.67. The Morgan fingerprint density at radius 2 is 2.36 bits per heavy atom. The Balaban J connectivity index is 2.49. The highest BCUT2D eigenvalue weighted by Gasteiger charge is 2.11. The molecule has 1 aromatic rings. The second-order valence-corrected chi connectivity index (χ2v) is 3.32. The van der Waals surface area contributed by atoms with Crippen molar-refractivity contribution in [2.75, 3.05) is 7.05 Å². The van der Waals surface area contributed by atoms with Crippen LogP contribution in [0.3, 0.4) is 0 Å². The van der Waals surface area contributed by atoms with Crippen LogP contribution in [-0.4, -0.2) is 38.2 Å². The standard InChI is InChI=1S/C8H14N6/c1-7(4-5-9)13(2)6-8-10-12-14(3)11-8/h7H,4,6H2,1-3H3. The van der Waals surface area contributed by atoms with E-state index in [0.717, 1.165) is 0 Å². The molecule has 1 atom stereocenters. The molecule has 14 heavy (non-hydrogen) atoms. The van der Waals surface area contributed by atoms with Crippen molar-refractivity contribution in [3.63, 3.8) is 0 Å². The Hall–Kier alpha value is -1.48. The number of hydrogen-bond acceptors (Lipinski definition) is 5. The topological polar surface area (TPSA) is 70.6 Å². The van der Waals surface area contributed by atoms with Crippen LogP contribution in [0.2, 0.25) is 0 Å². The van der Waals surface area contributed by atoms with Crippen molar-refractivity contribution in [3.05, 3.63) is 5.82 Å². The van der Waals surface area contributed by atoms with Crippen LogP contribution >= 0.6 is 0 Å². The highest BCUT2D eigenvalue weighted by atomic mass is 15.6. The lowest BCUT2D eigenvalue weighted by Crippen LogP contribution is -2.28. The summed E-state index contributed by atoms with van der Waals surface area (Å²) in [5.74, 6) is 0.680. The van der Waals surface area contributed by atoms with Gasteiger partial charge >= 0.3 is 0 Å². The van der Waals surface area contributed by atoms with E-state index in [2.05, 4.69) is 21.5 Å². The molecular formula is C8H14N6. The molecule has 0 aliphatic carbocycles. The zero-order valence-corrected chi connectivity index (χ0v) is 8.67. The van der Waals surface area contributed by atoms with Crippen molar-refractivity contribution in [2.45, 2.75) is 25.9 Å². The van der Waals surface area contributed by atoms with Gasteiger partial charge in [0.2, 0.25) is 0 Å². The van der Waals surface area contributed by atoms with Crippen molar-refractivity contribution in [2.24, 2.45) is 7.05 Å². The van der Waals surface area contributed by atoms with Crippen LogP contribution in [0.1, 0.15) is 19.2 Å². The van der Waals surface area contributed by atoms with E-state index in [0.29, 0.717) is 18.8 Å². The van der Waals surface area contributed by atoms with Crippen LogP contribution < -0.4 is 0 Å². The Kier molecular flexibility index (Phi) is 3.54. The summed E-state index contributed by atoms with van der Waals surface area (Å²) in [6, 6.07) is 2.35. The van der Waals surface area contributed by atoms with Gasteiger partial charge in [0, 0.05) is 6.04 Å². The van der Waals surface area contributed by atoms with Gasteiger partial charge in [-0.3, -0.25) is 4.90 Å². The maximum atomic E-state index is 8.53. The molecule has 0 aliphatic heterocycles. The predicted molar refractivity (Wildman–Crippen MR) is 50.0 cm³/mol. The van der Waals surface area contributed by atoms with E-state index in [9.17, 15) is 0 Å². The van der Waals surface area contributed by atoms with Gasteiger partial charge in [-0.15, -0.1) is 10.2 Å². The Morgan fingerprint density at radius 3 is 2.86 bits per heavy atom. The second-order valence-electron chi connectivity index (χ2n) is 3.32. The van der Waals surface area contributed by atoms with E-state index in [1.807, 2.05) is 18.9 Å². The molecule has 0 saturated heterocycles. The Morgan fingerprint density at radius 1 is 1.64 bits per heavy atom. The highest BCUT2D eigenvalue weighted by Crippen LogP contribution is 2.03. The molecule has 1 unspecified atom stereocenters. The largest absolute Gasteiger partial charge is 0.295 e. The summed E-state index contributed by atoms with van der Waals surface area (Å²) in [6.45, 7) is 2.62. The SMILES string of the molecule is CC(CC#N)N(C)Cc1nnn(C)n1. The minimum absolute atomic E-state index is 0.212. The van der Waals surface area contributed by atoms with E-state index in [-0.39, 0.29) is 6.04 Å². The van der Waals surface area contributed by atoms with Gasteiger partial charge in [-0.25, -0.2) is 0 Å². The van der Waals surface area contributed by atoms with Gasteiger partial charge in [-0.05, 0) is 19.2 Å². The third-order valence-corrected chi connectivity index (χ3v) is 2.08. The van der Waals surface area contributed by atoms with Gasteiger partial charge in [0.1, 0.15) is 0 Å². The van der Waals surface area contributed by atoms with Crippen LogP contribution in [0.15, 0.2) is 0 Å². The maximum Gasteiger partial charge on any atom is 0.188 e. The Labute approximate surface area is 83.1 Å². The van der Waals surface area contributed by atoms with E-state index < -0.39 is 0 Å². The highest BCUT2D eigenvalue weighted by molar-refractivity contribution is 4.82. The zero-order chi connectivity index (χ0) is 10.6. The number of hydrogen-bond donors (Lipinski definition) is 0. The zero-order valence-electron chi connectivity index (χ0n) is 8.67. The van der Waals surface area contributed by atoms with Gasteiger partial charge in [-0.1, -0.05) is 0 Å². The quantitative estimate of drug-likeness (QED) is 0.671. The smallest absolute Gasteiger partial charge is 0.188 e. The van der Waals surface area contributed by atoms with Crippen LogP contribution in [0.5, 0.6) is 0 Å². The first-order valence-corrected chi connectivity index (χ1v) is 4.43. The summed E-state index contributed by atoms with van der Waals surface area (Å²) in [4.78, 5) is 3.46. The van der Waals surface area contributed by atoms with E-state index in [1.54, 1.807) is 7.05 Å². The van der Waals surface area contributed by atoms with Gasteiger partial charge in [0.25, 0.3) is 0 Å². The van der Waals surface area contributed by atoms with Gasteiger partial charge in [0.05, 0.1) is 26.1 Å². The number of aromatic nitrogens is 4. The van der Waals surface area contributed by atoms with E-state index in [1.165, 1.54) is 4.80 Å². The molecule has 1 heterocycles. The molecule has 0 N–H and O–H groups in total. The minimum Gasteiger partial charge on any atom is -0.295 e. The molecule has 6 nitrogen and oxygen atoms in total. The molecule has 0 bridgehead atoms. The fourth-order valence-corrected chi connectivity index (χ4v) is 1.05. The van der Waals surface area contributed by atoms with Gasteiger partial charge < -0.3 is 0 Å². The molecule has 6 heteroatoms. The third-order valence-electron chi connectivity index (χ3n) is 2.08. The van der Waals surface area contributed by atoms with Crippen molar-refractivity contribution in [1.29, 1.82) is 5.26 Å². The van der Waals surface area contributed by atoms with Crippen molar-refractivity contribution in [3.8, 4) is 6.07 Å². The first-order valence-electron chi connectivity index (χ1n) is 4.43. The summed E-state index contributed by atoms with van der Waals surface area (Å²) in [6.07, 6.45) is 0.511. The molecular weight excluding hydrogens is 180 g/mol. The lowest BCUT2D eigenvalue weighted by atomic mass is 10.2. The molecule has 0 radical (unpaired) electrons. The van der Waals surface area contributed by atoms with Crippen LogP contribution in [0.25, 0.3) is 0 Å². The van der Waals surface area contributed by atoms with Crippen molar-refractivity contribution < 1.29 is 0 Å². The average Bonchev–Trinajstić information content (AvgIpc) is 2.51. The first kappa shape index (κ1) is 10.6. The molecule has 0 aromatic carbocycles. The molecule has 76 valence electrons. The second kappa shape index (κ2) is 4.67. The fraction of sp³-hybridized carbons (Fsp3) is 0.750. The average molecular weight is 194 g/mol. The van der Waals surface area contributed by atoms with Gasteiger partial charge in [-0.2, -0.15) is 10.1 Å². The maximum absolute atomic E-state index is 8.53. The Bertz CT molecular complexity index is 325. The molecule has 0 amide bonds. The number of rotatable bonds is 4. The van der Waals surface area contributed by atoms with Crippen LogP contribution in [0.4, 0.5) is 0 Å². The minimum atomic E-state index is 0.212. The molecule has 1 rings (SSSR count). The predicted octanol–water partition coefficient (Wildman–Crippen LogP) is -0.0559. The molecule has 0 fully saturated rings.